The monoisotopic (exact) mass is 321 g/mol. The number of nitriles is 1. The third-order valence-corrected chi connectivity index (χ3v) is 4.44. The van der Waals surface area contributed by atoms with Gasteiger partial charge in [-0.3, -0.25) is 4.90 Å². The minimum absolute atomic E-state index is 0.653. The largest absolute Gasteiger partial charge is 0.368 e. The Hall–Kier alpha value is -1.05. The lowest BCUT2D eigenvalue weighted by Gasteiger charge is -2.39. The zero-order valence-corrected chi connectivity index (χ0v) is 13.2. The number of piperazine rings is 1. The van der Waals surface area contributed by atoms with E-state index in [9.17, 15) is 5.26 Å². The summed E-state index contributed by atoms with van der Waals surface area (Å²) in [5.74, 6) is 0. The summed E-state index contributed by atoms with van der Waals surface area (Å²) in [4.78, 5) is 4.85. The SMILES string of the molecule is CCC(C)N1CCN(c2cc(Br)ccc2C#N)CC1. The normalized spacial score (nSPS) is 18.1. The second-order valence-electron chi connectivity index (χ2n) is 5.05. The average Bonchev–Trinajstić information content (AvgIpc) is 2.46. The number of rotatable bonds is 3. The van der Waals surface area contributed by atoms with Crippen LogP contribution in [0.25, 0.3) is 0 Å². The molecule has 1 aliphatic rings. The molecule has 0 saturated carbocycles. The maximum atomic E-state index is 9.22. The van der Waals surface area contributed by atoms with Crippen molar-refractivity contribution in [3.05, 3.63) is 28.2 Å². The van der Waals surface area contributed by atoms with Gasteiger partial charge in [0.05, 0.1) is 11.3 Å². The summed E-state index contributed by atoms with van der Waals surface area (Å²) in [6, 6.07) is 8.81. The topological polar surface area (TPSA) is 30.3 Å². The summed E-state index contributed by atoms with van der Waals surface area (Å²) in [5, 5.41) is 9.22. The molecule has 1 saturated heterocycles. The highest BCUT2D eigenvalue weighted by Crippen LogP contribution is 2.26. The quantitative estimate of drug-likeness (QED) is 0.856. The Morgan fingerprint density at radius 3 is 2.58 bits per heavy atom. The van der Waals surface area contributed by atoms with Gasteiger partial charge in [0.2, 0.25) is 0 Å². The van der Waals surface area contributed by atoms with Crippen LogP contribution >= 0.6 is 15.9 Å². The minimum atomic E-state index is 0.653. The second-order valence-corrected chi connectivity index (χ2v) is 5.97. The van der Waals surface area contributed by atoms with Crippen LogP contribution in [-0.2, 0) is 0 Å². The van der Waals surface area contributed by atoms with E-state index in [4.69, 9.17) is 0 Å². The molecule has 102 valence electrons. The number of benzene rings is 1. The highest BCUT2D eigenvalue weighted by atomic mass is 79.9. The molecule has 0 amide bonds. The first-order valence-electron chi connectivity index (χ1n) is 6.84. The van der Waals surface area contributed by atoms with Crippen molar-refractivity contribution >= 4 is 21.6 Å². The van der Waals surface area contributed by atoms with Gasteiger partial charge in [0.25, 0.3) is 0 Å². The molecule has 1 heterocycles. The molecule has 19 heavy (non-hydrogen) atoms. The van der Waals surface area contributed by atoms with Gasteiger partial charge in [-0.25, -0.2) is 0 Å². The Labute approximate surface area is 123 Å². The van der Waals surface area contributed by atoms with Gasteiger partial charge in [-0.05, 0) is 31.5 Å². The Bertz CT molecular complexity index is 473. The van der Waals surface area contributed by atoms with Crippen LogP contribution in [0.5, 0.6) is 0 Å². The molecule has 1 aromatic carbocycles. The molecule has 0 bridgehead atoms. The van der Waals surface area contributed by atoms with E-state index in [1.807, 2.05) is 12.1 Å². The number of hydrogen-bond acceptors (Lipinski definition) is 3. The Morgan fingerprint density at radius 2 is 2.00 bits per heavy atom. The third-order valence-electron chi connectivity index (χ3n) is 3.95. The van der Waals surface area contributed by atoms with Crippen molar-refractivity contribution in [1.29, 1.82) is 5.26 Å². The minimum Gasteiger partial charge on any atom is -0.368 e. The van der Waals surface area contributed by atoms with Crippen LogP contribution in [0.4, 0.5) is 5.69 Å². The van der Waals surface area contributed by atoms with Crippen LogP contribution in [0.15, 0.2) is 22.7 Å². The number of anilines is 1. The summed E-state index contributed by atoms with van der Waals surface area (Å²) in [5.41, 5.74) is 1.82. The molecule has 1 aromatic rings. The summed E-state index contributed by atoms with van der Waals surface area (Å²) >= 11 is 3.49. The van der Waals surface area contributed by atoms with Crippen molar-refractivity contribution in [3.8, 4) is 6.07 Å². The van der Waals surface area contributed by atoms with E-state index >= 15 is 0 Å². The van der Waals surface area contributed by atoms with E-state index in [-0.39, 0.29) is 0 Å². The van der Waals surface area contributed by atoms with E-state index < -0.39 is 0 Å². The molecule has 1 unspecified atom stereocenters. The van der Waals surface area contributed by atoms with Gasteiger partial charge in [0, 0.05) is 36.7 Å². The summed E-state index contributed by atoms with van der Waals surface area (Å²) < 4.78 is 1.03. The molecule has 1 aliphatic heterocycles. The molecule has 0 aliphatic carbocycles. The van der Waals surface area contributed by atoms with E-state index in [1.165, 1.54) is 6.42 Å². The molecular formula is C15H20BrN3. The van der Waals surface area contributed by atoms with Gasteiger partial charge >= 0.3 is 0 Å². The van der Waals surface area contributed by atoms with E-state index in [1.54, 1.807) is 0 Å². The summed E-state index contributed by atoms with van der Waals surface area (Å²) in [7, 11) is 0. The summed E-state index contributed by atoms with van der Waals surface area (Å²) in [6.45, 7) is 8.67. The highest BCUT2D eigenvalue weighted by molar-refractivity contribution is 9.10. The Morgan fingerprint density at radius 1 is 1.32 bits per heavy atom. The van der Waals surface area contributed by atoms with E-state index in [0.717, 1.165) is 41.9 Å². The number of hydrogen-bond donors (Lipinski definition) is 0. The van der Waals surface area contributed by atoms with Gasteiger partial charge in [0.15, 0.2) is 0 Å². The van der Waals surface area contributed by atoms with E-state index in [2.05, 4.69) is 51.7 Å². The lowest BCUT2D eigenvalue weighted by Crippen LogP contribution is -2.49. The Kier molecular flexibility index (Phi) is 4.84. The third kappa shape index (κ3) is 3.29. The lowest BCUT2D eigenvalue weighted by atomic mass is 10.1. The molecule has 2 rings (SSSR count). The van der Waals surface area contributed by atoms with Gasteiger partial charge < -0.3 is 4.90 Å². The fourth-order valence-corrected chi connectivity index (χ4v) is 2.87. The average molecular weight is 322 g/mol. The van der Waals surface area contributed by atoms with Crippen molar-refractivity contribution in [2.24, 2.45) is 0 Å². The molecule has 0 radical (unpaired) electrons. The van der Waals surface area contributed by atoms with Crippen LogP contribution in [0.3, 0.4) is 0 Å². The van der Waals surface area contributed by atoms with Crippen LogP contribution in [0.2, 0.25) is 0 Å². The van der Waals surface area contributed by atoms with Crippen LogP contribution in [-0.4, -0.2) is 37.1 Å². The summed E-state index contributed by atoms with van der Waals surface area (Å²) in [6.07, 6.45) is 1.19. The first kappa shape index (κ1) is 14.4. The lowest BCUT2D eigenvalue weighted by molar-refractivity contribution is 0.193. The molecule has 0 spiro atoms. The van der Waals surface area contributed by atoms with Gasteiger partial charge in [-0.1, -0.05) is 22.9 Å². The van der Waals surface area contributed by atoms with Crippen LogP contribution < -0.4 is 4.90 Å². The molecule has 0 N–H and O–H groups in total. The molecule has 3 nitrogen and oxygen atoms in total. The molecule has 4 heteroatoms. The maximum absolute atomic E-state index is 9.22. The fourth-order valence-electron chi connectivity index (χ4n) is 2.52. The first-order chi connectivity index (χ1) is 9.15. The van der Waals surface area contributed by atoms with Crippen molar-refractivity contribution in [1.82, 2.24) is 4.90 Å². The van der Waals surface area contributed by atoms with E-state index in [0.29, 0.717) is 6.04 Å². The smallest absolute Gasteiger partial charge is 0.101 e. The number of halogens is 1. The van der Waals surface area contributed by atoms with Crippen molar-refractivity contribution in [2.45, 2.75) is 26.3 Å². The second kappa shape index (κ2) is 6.40. The standard InChI is InChI=1S/C15H20BrN3/c1-3-12(2)18-6-8-19(9-7-18)15-10-14(16)5-4-13(15)11-17/h4-5,10,12H,3,6-9H2,1-2H3. The van der Waals surface area contributed by atoms with Crippen molar-refractivity contribution < 1.29 is 0 Å². The van der Waals surface area contributed by atoms with Crippen LogP contribution in [0.1, 0.15) is 25.8 Å². The number of nitrogens with zero attached hydrogens (tertiary/aromatic N) is 3. The maximum Gasteiger partial charge on any atom is 0.101 e. The zero-order chi connectivity index (χ0) is 13.8. The van der Waals surface area contributed by atoms with Gasteiger partial charge in [-0.15, -0.1) is 0 Å². The predicted octanol–water partition coefficient (Wildman–Crippen LogP) is 3.24. The fraction of sp³-hybridized carbons (Fsp3) is 0.533. The molecule has 1 atom stereocenters. The highest BCUT2D eigenvalue weighted by Gasteiger charge is 2.21. The Balaban J connectivity index is 2.10. The molecular weight excluding hydrogens is 302 g/mol. The van der Waals surface area contributed by atoms with Crippen LogP contribution in [0, 0.1) is 11.3 Å². The predicted molar refractivity (Wildman–Crippen MR) is 82.4 cm³/mol. The van der Waals surface area contributed by atoms with Gasteiger partial charge in [0.1, 0.15) is 6.07 Å². The zero-order valence-electron chi connectivity index (χ0n) is 11.6. The van der Waals surface area contributed by atoms with Crippen molar-refractivity contribution in [2.75, 3.05) is 31.1 Å². The molecule has 1 fully saturated rings. The first-order valence-corrected chi connectivity index (χ1v) is 7.63. The molecule has 0 aromatic heterocycles. The van der Waals surface area contributed by atoms with Crippen molar-refractivity contribution in [3.63, 3.8) is 0 Å². The van der Waals surface area contributed by atoms with Gasteiger partial charge in [-0.2, -0.15) is 5.26 Å².